The molecule has 2 aromatic carbocycles. The Morgan fingerprint density at radius 3 is 2.62 bits per heavy atom. The Bertz CT molecular complexity index is 841. The molecule has 0 fully saturated rings. The minimum atomic E-state index is 0.00236. The van der Waals surface area contributed by atoms with Gasteiger partial charge in [0.2, 0.25) is 11.7 Å². The summed E-state index contributed by atoms with van der Waals surface area (Å²) in [7, 11) is 1.62. The fraction of sp³-hybridized carbons (Fsp3) is 0.167. The molecule has 0 aliphatic rings. The van der Waals surface area contributed by atoms with Crippen LogP contribution in [0.15, 0.2) is 53.1 Å². The molecule has 0 aliphatic carbocycles. The van der Waals surface area contributed by atoms with Gasteiger partial charge in [-0.1, -0.05) is 17.3 Å². The number of nitrogens with zero attached hydrogens (tertiary/aromatic N) is 2. The lowest BCUT2D eigenvalue weighted by Crippen LogP contribution is -2.05. The molecule has 3 rings (SSSR count). The minimum Gasteiger partial charge on any atom is -0.497 e. The van der Waals surface area contributed by atoms with Crippen LogP contribution in [0.5, 0.6) is 5.75 Å². The molecule has 0 aliphatic heterocycles. The number of ketones is 1. The van der Waals surface area contributed by atoms with Crippen LogP contribution in [-0.4, -0.2) is 23.0 Å². The second-order valence-electron chi connectivity index (χ2n) is 5.20. The molecule has 122 valence electrons. The number of carbonyl (C=O) groups is 1. The number of hydrogen-bond donors (Lipinski definition) is 1. The number of anilines is 1. The van der Waals surface area contributed by atoms with E-state index >= 15 is 0 Å². The Balaban J connectivity index is 1.71. The van der Waals surface area contributed by atoms with Crippen molar-refractivity contribution in [2.75, 3.05) is 12.4 Å². The molecular weight excluding hydrogens is 306 g/mol. The third-order valence-corrected chi connectivity index (χ3v) is 3.55. The number of para-hydroxylation sites is 1. The molecule has 24 heavy (non-hydrogen) atoms. The van der Waals surface area contributed by atoms with Crippen molar-refractivity contribution in [3.8, 4) is 17.1 Å². The first-order chi connectivity index (χ1) is 11.7. The third kappa shape index (κ3) is 3.43. The van der Waals surface area contributed by atoms with Gasteiger partial charge in [-0.15, -0.1) is 0 Å². The Morgan fingerprint density at radius 1 is 1.17 bits per heavy atom. The topological polar surface area (TPSA) is 77.3 Å². The SMILES string of the molecule is COc1ccc(-c2noc(CNc3ccccc3C(C)=O)n2)cc1. The van der Waals surface area contributed by atoms with Gasteiger partial charge < -0.3 is 14.6 Å². The zero-order chi connectivity index (χ0) is 16.9. The third-order valence-electron chi connectivity index (χ3n) is 3.55. The maximum atomic E-state index is 11.6. The minimum absolute atomic E-state index is 0.00236. The predicted molar refractivity (Wildman–Crippen MR) is 90.1 cm³/mol. The average Bonchev–Trinajstić information content (AvgIpc) is 3.09. The van der Waals surface area contributed by atoms with E-state index in [4.69, 9.17) is 9.26 Å². The summed E-state index contributed by atoms with van der Waals surface area (Å²) in [6, 6.07) is 14.7. The fourth-order valence-electron chi connectivity index (χ4n) is 2.30. The first-order valence-corrected chi connectivity index (χ1v) is 7.48. The number of carbonyl (C=O) groups excluding carboxylic acids is 1. The molecule has 0 spiro atoms. The molecule has 0 atom stereocenters. The van der Waals surface area contributed by atoms with Crippen molar-refractivity contribution in [1.29, 1.82) is 0 Å². The smallest absolute Gasteiger partial charge is 0.246 e. The number of hydrogen-bond acceptors (Lipinski definition) is 6. The number of Topliss-reactive ketones (excluding diaryl/α,β-unsaturated/α-hetero) is 1. The maximum absolute atomic E-state index is 11.6. The molecule has 1 N–H and O–H groups in total. The molecule has 0 amide bonds. The highest BCUT2D eigenvalue weighted by molar-refractivity contribution is 5.99. The zero-order valence-corrected chi connectivity index (χ0v) is 13.4. The van der Waals surface area contributed by atoms with Gasteiger partial charge in [0.15, 0.2) is 5.78 Å². The second-order valence-corrected chi connectivity index (χ2v) is 5.20. The number of methoxy groups -OCH3 is 1. The normalized spacial score (nSPS) is 10.4. The van der Waals surface area contributed by atoms with E-state index in [2.05, 4.69) is 15.5 Å². The molecule has 1 heterocycles. The van der Waals surface area contributed by atoms with Gasteiger partial charge >= 0.3 is 0 Å². The van der Waals surface area contributed by atoms with Gasteiger partial charge in [0.25, 0.3) is 0 Å². The molecule has 0 saturated heterocycles. The Kier molecular flexibility index (Phi) is 4.56. The van der Waals surface area contributed by atoms with Gasteiger partial charge in [0, 0.05) is 16.8 Å². The standard InChI is InChI=1S/C18H17N3O3/c1-12(22)15-5-3-4-6-16(15)19-11-17-20-18(21-24-17)13-7-9-14(23-2)10-8-13/h3-10,19H,11H2,1-2H3. The summed E-state index contributed by atoms with van der Waals surface area (Å²) in [4.78, 5) is 16.0. The highest BCUT2D eigenvalue weighted by atomic mass is 16.5. The summed E-state index contributed by atoms with van der Waals surface area (Å²) in [5, 5.41) is 7.13. The number of benzene rings is 2. The number of rotatable bonds is 6. The summed E-state index contributed by atoms with van der Waals surface area (Å²) in [5.41, 5.74) is 2.22. The lowest BCUT2D eigenvalue weighted by atomic mass is 10.1. The summed E-state index contributed by atoms with van der Waals surface area (Å²) in [5.74, 6) is 1.72. The van der Waals surface area contributed by atoms with Gasteiger partial charge in [-0.3, -0.25) is 4.79 Å². The van der Waals surface area contributed by atoms with Crippen LogP contribution >= 0.6 is 0 Å². The van der Waals surface area contributed by atoms with E-state index in [1.54, 1.807) is 13.2 Å². The van der Waals surface area contributed by atoms with Crippen molar-refractivity contribution in [3.63, 3.8) is 0 Å². The summed E-state index contributed by atoms with van der Waals surface area (Å²) >= 11 is 0. The van der Waals surface area contributed by atoms with Gasteiger partial charge in [0.05, 0.1) is 13.7 Å². The first-order valence-electron chi connectivity index (χ1n) is 7.48. The van der Waals surface area contributed by atoms with Crippen molar-refractivity contribution in [2.45, 2.75) is 13.5 Å². The van der Waals surface area contributed by atoms with E-state index < -0.39 is 0 Å². The van der Waals surface area contributed by atoms with Gasteiger partial charge in [-0.25, -0.2) is 0 Å². The van der Waals surface area contributed by atoms with Gasteiger partial charge in [0.1, 0.15) is 5.75 Å². The average molecular weight is 323 g/mol. The van der Waals surface area contributed by atoms with Crippen LogP contribution in [0.2, 0.25) is 0 Å². The lowest BCUT2D eigenvalue weighted by molar-refractivity contribution is 0.101. The number of aromatic nitrogens is 2. The van der Waals surface area contributed by atoms with Crippen LogP contribution in [0.25, 0.3) is 11.4 Å². The highest BCUT2D eigenvalue weighted by Crippen LogP contribution is 2.20. The molecule has 6 nitrogen and oxygen atoms in total. The molecule has 0 unspecified atom stereocenters. The summed E-state index contributed by atoms with van der Waals surface area (Å²) in [6.07, 6.45) is 0. The van der Waals surface area contributed by atoms with Crippen LogP contribution in [0.1, 0.15) is 23.2 Å². The quantitative estimate of drug-likeness (QED) is 0.699. The molecule has 1 aromatic heterocycles. The molecule has 6 heteroatoms. The van der Waals surface area contributed by atoms with Crippen molar-refractivity contribution in [3.05, 3.63) is 60.0 Å². The van der Waals surface area contributed by atoms with Crippen molar-refractivity contribution in [1.82, 2.24) is 10.1 Å². The Morgan fingerprint density at radius 2 is 1.92 bits per heavy atom. The van der Waals surface area contributed by atoms with E-state index in [1.165, 1.54) is 6.92 Å². The van der Waals surface area contributed by atoms with Crippen LogP contribution in [0.4, 0.5) is 5.69 Å². The second kappa shape index (κ2) is 6.95. The van der Waals surface area contributed by atoms with Crippen molar-refractivity contribution >= 4 is 11.5 Å². The van der Waals surface area contributed by atoms with Crippen LogP contribution in [0, 0.1) is 0 Å². The van der Waals surface area contributed by atoms with E-state index in [1.807, 2.05) is 42.5 Å². The maximum Gasteiger partial charge on any atom is 0.246 e. The lowest BCUT2D eigenvalue weighted by Gasteiger charge is -2.07. The molecule has 0 bridgehead atoms. The molecule has 0 radical (unpaired) electrons. The van der Waals surface area contributed by atoms with Gasteiger partial charge in [-0.2, -0.15) is 4.98 Å². The van der Waals surface area contributed by atoms with Crippen LogP contribution in [-0.2, 0) is 6.54 Å². The number of nitrogens with one attached hydrogen (secondary N) is 1. The monoisotopic (exact) mass is 323 g/mol. The summed E-state index contributed by atoms with van der Waals surface area (Å²) in [6.45, 7) is 1.88. The van der Waals surface area contributed by atoms with E-state index in [9.17, 15) is 4.79 Å². The van der Waals surface area contributed by atoms with Crippen molar-refractivity contribution < 1.29 is 14.1 Å². The van der Waals surface area contributed by atoms with E-state index in [0.717, 1.165) is 17.0 Å². The highest BCUT2D eigenvalue weighted by Gasteiger charge is 2.10. The predicted octanol–water partition coefficient (Wildman–Crippen LogP) is 3.56. The molecule has 3 aromatic rings. The van der Waals surface area contributed by atoms with E-state index in [0.29, 0.717) is 23.8 Å². The van der Waals surface area contributed by atoms with Crippen LogP contribution in [0.3, 0.4) is 0 Å². The molecular formula is C18H17N3O3. The molecule has 0 saturated carbocycles. The largest absolute Gasteiger partial charge is 0.497 e. The zero-order valence-electron chi connectivity index (χ0n) is 13.4. The number of ether oxygens (including phenoxy) is 1. The summed E-state index contributed by atoms with van der Waals surface area (Å²) < 4.78 is 10.4. The first kappa shape index (κ1) is 15.7. The Labute approximate surface area is 139 Å². The van der Waals surface area contributed by atoms with Gasteiger partial charge in [-0.05, 0) is 43.3 Å². The van der Waals surface area contributed by atoms with Crippen LogP contribution < -0.4 is 10.1 Å². The Hall–Kier alpha value is -3.15. The van der Waals surface area contributed by atoms with Crippen molar-refractivity contribution in [2.24, 2.45) is 0 Å². The van der Waals surface area contributed by atoms with E-state index in [-0.39, 0.29) is 5.78 Å². The fourth-order valence-corrected chi connectivity index (χ4v) is 2.30.